The molecule has 0 atom stereocenters. The van der Waals surface area contributed by atoms with Gasteiger partial charge < -0.3 is 10.6 Å². The van der Waals surface area contributed by atoms with E-state index in [-0.39, 0.29) is 28.6 Å². The van der Waals surface area contributed by atoms with E-state index in [4.69, 9.17) is 0 Å². The van der Waals surface area contributed by atoms with Crippen molar-refractivity contribution in [2.75, 3.05) is 19.6 Å². The molecular formula is C17H27ClN2O3S. The molecule has 0 aliphatic carbocycles. The summed E-state index contributed by atoms with van der Waals surface area (Å²) in [7, 11) is -3.30. The van der Waals surface area contributed by atoms with Crippen molar-refractivity contribution in [3.05, 3.63) is 29.8 Å². The second-order valence-corrected chi connectivity index (χ2v) is 9.37. The van der Waals surface area contributed by atoms with Crippen molar-refractivity contribution in [3.8, 4) is 0 Å². The van der Waals surface area contributed by atoms with Crippen molar-refractivity contribution >= 4 is 28.2 Å². The molecule has 0 saturated carbocycles. The van der Waals surface area contributed by atoms with Gasteiger partial charge in [0.05, 0.1) is 10.1 Å². The van der Waals surface area contributed by atoms with Gasteiger partial charge in [0.2, 0.25) is 0 Å². The zero-order chi connectivity index (χ0) is 17.1. The van der Waals surface area contributed by atoms with E-state index in [0.29, 0.717) is 12.1 Å². The van der Waals surface area contributed by atoms with E-state index < -0.39 is 15.1 Å². The molecule has 2 rings (SSSR count). The summed E-state index contributed by atoms with van der Waals surface area (Å²) in [6, 6.07) is 6.18. The normalized spacial score (nSPS) is 17.2. The molecule has 136 valence electrons. The molecule has 2 N–H and O–H groups in total. The highest BCUT2D eigenvalue weighted by molar-refractivity contribution is 7.92. The maximum Gasteiger partial charge on any atom is 0.251 e. The third-order valence-electron chi connectivity index (χ3n) is 4.55. The molecule has 0 spiro atoms. The molecule has 1 aliphatic rings. The maximum absolute atomic E-state index is 12.2. The van der Waals surface area contributed by atoms with Gasteiger partial charge in [-0.15, -0.1) is 12.4 Å². The predicted molar refractivity (Wildman–Crippen MR) is 98.6 cm³/mol. The van der Waals surface area contributed by atoms with Crippen LogP contribution in [0.3, 0.4) is 0 Å². The molecule has 1 amide bonds. The van der Waals surface area contributed by atoms with Crippen LogP contribution in [-0.4, -0.2) is 39.2 Å². The van der Waals surface area contributed by atoms with Crippen LogP contribution in [-0.2, 0) is 9.84 Å². The van der Waals surface area contributed by atoms with Crippen LogP contribution in [0, 0.1) is 5.41 Å². The smallest absolute Gasteiger partial charge is 0.251 e. The Morgan fingerprint density at radius 3 is 2.25 bits per heavy atom. The average molecular weight is 375 g/mol. The van der Waals surface area contributed by atoms with Gasteiger partial charge in [-0.1, -0.05) is 6.92 Å². The summed E-state index contributed by atoms with van der Waals surface area (Å²) in [5, 5.41) is 5.82. The summed E-state index contributed by atoms with van der Waals surface area (Å²) >= 11 is 0. The lowest BCUT2D eigenvalue weighted by Gasteiger charge is -2.34. The van der Waals surface area contributed by atoms with Crippen molar-refractivity contribution in [2.24, 2.45) is 5.41 Å². The Balaban J connectivity index is 0.00000288. The monoisotopic (exact) mass is 374 g/mol. The molecule has 0 radical (unpaired) electrons. The maximum atomic E-state index is 12.2. The van der Waals surface area contributed by atoms with Crippen LogP contribution in [0.15, 0.2) is 29.2 Å². The van der Waals surface area contributed by atoms with Crippen LogP contribution >= 0.6 is 12.4 Å². The second kappa shape index (κ2) is 8.32. The highest BCUT2D eigenvalue weighted by Crippen LogP contribution is 2.26. The Morgan fingerprint density at radius 2 is 1.75 bits per heavy atom. The summed E-state index contributed by atoms with van der Waals surface area (Å²) in [6.45, 7) is 8.08. The van der Waals surface area contributed by atoms with Crippen molar-refractivity contribution < 1.29 is 13.2 Å². The van der Waals surface area contributed by atoms with E-state index >= 15 is 0 Å². The van der Waals surface area contributed by atoms with Gasteiger partial charge in [-0.25, -0.2) is 8.42 Å². The Labute approximate surface area is 150 Å². The van der Waals surface area contributed by atoms with E-state index in [9.17, 15) is 13.2 Å². The number of piperidine rings is 1. The first-order chi connectivity index (χ1) is 10.7. The number of carbonyl (C=O) groups excluding carboxylic acids is 1. The van der Waals surface area contributed by atoms with E-state index in [1.165, 1.54) is 12.1 Å². The number of hydrogen-bond donors (Lipinski definition) is 2. The fourth-order valence-corrected chi connectivity index (χ4v) is 3.73. The summed E-state index contributed by atoms with van der Waals surface area (Å²) in [5.74, 6) is -0.154. The molecule has 1 aliphatic heterocycles. The van der Waals surface area contributed by atoms with Crippen molar-refractivity contribution in [1.29, 1.82) is 0 Å². The molecule has 1 aromatic rings. The summed E-state index contributed by atoms with van der Waals surface area (Å²) in [4.78, 5) is 12.5. The van der Waals surface area contributed by atoms with Crippen LogP contribution in [0.1, 0.15) is 44.0 Å². The van der Waals surface area contributed by atoms with Crippen molar-refractivity contribution in [3.63, 3.8) is 0 Å². The van der Waals surface area contributed by atoms with Crippen LogP contribution < -0.4 is 10.6 Å². The first kappa shape index (κ1) is 20.9. The van der Waals surface area contributed by atoms with E-state index in [2.05, 4.69) is 17.6 Å². The predicted octanol–water partition coefficient (Wildman–Crippen LogP) is 2.41. The first-order valence-corrected chi connectivity index (χ1v) is 9.62. The number of nitrogens with one attached hydrogen (secondary N) is 2. The van der Waals surface area contributed by atoms with Crippen LogP contribution in [0.2, 0.25) is 0 Å². The Hall–Kier alpha value is -1.11. The van der Waals surface area contributed by atoms with Gasteiger partial charge in [0.25, 0.3) is 5.91 Å². The lowest BCUT2D eigenvalue weighted by molar-refractivity contribution is 0.0922. The van der Waals surface area contributed by atoms with Gasteiger partial charge in [-0.2, -0.15) is 0 Å². The minimum Gasteiger partial charge on any atom is -0.351 e. The van der Waals surface area contributed by atoms with Gasteiger partial charge in [0.15, 0.2) is 9.84 Å². The average Bonchev–Trinajstić information content (AvgIpc) is 2.53. The van der Waals surface area contributed by atoms with Gasteiger partial charge in [0.1, 0.15) is 0 Å². The number of hydrogen-bond acceptors (Lipinski definition) is 4. The Morgan fingerprint density at radius 1 is 1.21 bits per heavy atom. The van der Waals surface area contributed by atoms with Crippen LogP contribution in [0.25, 0.3) is 0 Å². The zero-order valence-corrected chi connectivity index (χ0v) is 16.1. The van der Waals surface area contributed by atoms with Crippen molar-refractivity contribution in [2.45, 2.75) is 43.8 Å². The topological polar surface area (TPSA) is 75.3 Å². The van der Waals surface area contributed by atoms with Gasteiger partial charge in [-0.3, -0.25) is 4.79 Å². The highest BCUT2D eigenvalue weighted by atomic mass is 35.5. The van der Waals surface area contributed by atoms with E-state index in [0.717, 1.165) is 25.9 Å². The summed E-state index contributed by atoms with van der Waals surface area (Å²) in [6.07, 6.45) is 2.08. The molecule has 5 nitrogen and oxygen atoms in total. The first-order valence-electron chi connectivity index (χ1n) is 8.07. The number of amides is 1. The highest BCUT2D eigenvalue weighted by Gasteiger charge is 2.27. The van der Waals surface area contributed by atoms with Gasteiger partial charge >= 0.3 is 0 Å². The van der Waals surface area contributed by atoms with Gasteiger partial charge in [0, 0.05) is 12.1 Å². The minimum absolute atomic E-state index is 0. The number of rotatable bonds is 5. The standard InChI is InChI=1S/C17H26N2O3S.ClH/c1-13(2)23(21,22)15-6-4-14(5-7-15)16(20)19-12-17(3)8-10-18-11-9-17;/h4-7,13,18H,8-12H2,1-3H3,(H,19,20);1H. The molecule has 1 fully saturated rings. The molecule has 1 aromatic carbocycles. The van der Waals surface area contributed by atoms with Crippen molar-refractivity contribution in [1.82, 2.24) is 10.6 Å². The lowest BCUT2D eigenvalue weighted by atomic mass is 9.81. The molecule has 1 heterocycles. The molecule has 0 unspecified atom stereocenters. The molecule has 0 bridgehead atoms. The SMILES string of the molecule is CC(C)S(=O)(=O)c1ccc(C(=O)NCC2(C)CCNCC2)cc1.Cl. The van der Waals surface area contributed by atoms with E-state index in [1.807, 2.05) is 0 Å². The third kappa shape index (κ3) is 4.94. The second-order valence-electron chi connectivity index (χ2n) is 6.86. The van der Waals surface area contributed by atoms with Crippen LogP contribution in [0.4, 0.5) is 0 Å². The lowest BCUT2D eigenvalue weighted by Crippen LogP contribution is -2.42. The Bertz CT molecular complexity index is 651. The number of halogens is 1. The molecule has 1 saturated heterocycles. The zero-order valence-electron chi connectivity index (χ0n) is 14.5. The molecular weight excluding hydrogens is 348 g/mol. The molecule has 24 heavy (non-hydrogen) atoms. The quantitative estimate of drug-likeness (QED) is 0.829. The fourth-order valence-electron chi connectivity index (χ4n) is 2.67. The number of sulfone groups is 1. The minimum atomic E-state index is -3.30. The number of carbonyl (C=O) groups is 1. The largest absolute Gasteiger partial charge is 0.351 e. The number of benzene rings is 1. The summed E-state index contributed by atoms with van der Waals surface area (Å²) < 4.78 is 24.2. The molecule has 0 aromatic heterocycles. The summed E-state index contributed by atoms with van der Waals surface area (Å²) in [5.41, 5.74) is 0.618. The fraction of sp³-hybridized carbons (Fsp3) is 0.588. The van der Waals surface area contributed by atoms with Gasteiger partial charge in [-0.05, 0) is 69.5 Å². The molecule has 7 heteroatoms. The third-order valence-corrected chi connectivity index (χ3v) is 6.72. The Kier molecular flexibility index (Phi) is 7.25. The van der Waals surface area contributed by atoms with E-state index in [1.54, 1.807) is 26.0 Å². The van der Waals surface area contributed by atoms with Crippen LogP contribution in [0.5, 0.6) is 0 Å².